The number of nitrogens with zero attached hydrogens (tertiary/aromatic N) is 2. The first kappa shape index (κ1) is 20.5. The van der Waals surface area contributed by atoms with E-state index in [0.29, 0.717) is 30.8 Å². The van der Waals surface area contributed by atoms with E-state index in [1.807, 2.05) is 0 Å². The lowest BCUT2D eigenvalue weighted by molar-refractivity contribution is -0.120. The topological polar surface area (TPSA) is 112 Å². The Morgan fingerprint density at radius 2 is 1.83 bits per heavy atom. The summed E-state index contributed by atoms with van der Waals surface area (Å²) in [6, 6.07) is 6.98. The predicted octanol–water partition coefficient (Wildman–Crippen LogP) is 2.98. The van der Waals surface area contributed by atoms with Crippen LogP contribution in [0.5, 0.6) is 0 Å². The number of thiazole rings is 1. The molecule has 1 aromatic carbocycles. The van der Waals surface area contributed by atoms with Gasteiger partial charge >= 0.3 is 5.91 Å². The molecule has 4 rings (SSSR count). The molecule has 9 heteroatoms. The van der Waals surface area contributed by atoms with Crippen LogP contribution in [0.4, 0.5) is 5.69 Å². The second-order valence-electron chi connectivity index (χ2n) is 7.71. The predicted molar refractivity (Wildman–Crippen MR) is 111 cm³/mol. The summed E-state index contributed by atoms with van der Waals surface area (Å²) in [5, 5.41) is 11.9. The number of hydroxylamine groups is 1. The van der Waals surface area contributed by atoms with Gasteiger partial charge in [0.25, 0.3) is 5.91 Å². The minimum absolute atomic E-state index is 0.0604. The van der Waals surface area contributed by atoms with Crippen LogP contribution in [0.15, 0.2) is 24.3 Å². The molecule has 158 valence electrons. The Hall–Kier alpha value is -2.78. The van der Waals surface area contributed by atoms with Crippen molar-refractivity contribution < 1.29 is 19.6 Å². The van der Waals surface area contributed by atoms with Gasteiger partial charge in [0.05, 0.1) is 12.2 Å². The zero-order valence-corrected chi connectivity index (χ0v) is 17.3. The van der Waals surface area contributed by atoms with E-state index < -0.39 is 5.91 Å². The van der Waals surface area contributed by atoms with Crippen molar-refractivity contribution in [2.24, 2.45) is 5.92 Å². The van der Waals surface area contributed by atoms with Gasteiger partial charge in [0.15, 0.2) is 5.01 Å². The van der Waals surface area contributed by atoms with Crippen LogP contribution in [0.25, 0.3) is 0 Å². The van der Waals surface area contributed by atoms with Gasteiger partial charge in [-0.15, -0.1) is 11.3 Å². The van der Waals surface area contributed by atoms with E-state index in [4.69, 9.17) is 5.21 Å². The van der Waals surface area contributed by atoms with Crippen molar-refractivity contribution in [1.29, 1.82) is 0 Å². The molecule has 3 amide bonds. The van der Waals surface area contributed by atoms with Crippen molar-refractivity contribution in [3.63, 3.8) is 0 Å². The standard InChI is InChI=1S/C21H24N4O4S/c26-18(13-4-2-1-3-5-13)22-15-8-6-14(7-9-15)21(28)25-11-10-16-17(12-25)30-20(23-16)19(27)24-29/h6-9,13,29H,1-5,10-12H2,(H,22,26)(H,24,27). The van der Waals surface area contributed by atoms with Gasteiger partial charge in [-0.25, -0.2) is 10.5 Å². The first-order chi connectivity index (χ1) is 14.5. The van der Waals surface area contributed by atoms with Crippen molar-refractivity contribution in [2.45, 2.75) is 45.1 Å². The molecule has 1 aliphatic heterocycles. The van der Waals surface area contributed by atoms with Gasteiger partial charge in [-0.2, -0.15) is 0 Å². The zero-order chi connectivity index (χ0) is 21.1. The number of hydrogen-bond acceptors (Lipinski definition) is 6. The lowest BCUT2D eigenvalue weighted by atomic mass is 9.88. The molecule has 0 spiro atoms. The van der Waals surface area contributed by atoms with Gasteiger partial charge in [0, 0.05) is 35.0 Å². The summed E-state index contributed by atoms with van der Waals surface area (Å²) in [5.74, 6) is -0.601. The zero-order valence-electron chi connectivity index (χ0n) is 16.5. The minimum Gasteiger partial charge on any atom is -0.333 e. The van der Waals surface area contributed by atoms with Gasteiger partial charge in [-0.1, -0.05) is 19.3 Å². The Morgan fingerprint density at radius 1 is 1.10 bits per heavy atom. The smallest absolute Gasteiger partial charge is 0.303 e. The molecular weight excluding hydrogens is 404 g/mol. The number of nitrogens with one attached hydrogen (secondary N) is 2. The van der Waals surface area contributed by atoms with Crippen molar-refractivity contribution in [3.05, 3.63) is 45.4 Å². The molecule has 2 aliphatic rings. The fourth-order valence-electron chi connectivity index (χ4n) is 4.00. The molecule has 0 radical (unpaired) electrons. The van der Waals surface area contributed by atoms with Crippen LogP contribution < -0.4 is 10.8 Å². The molecule has 3 N–H and O–H groups in total. The van der Waals surface area contributed by atoms with Gasteiger partial charge in [0.2, 0.25) is 5.91 Å². The highest BCUT2D eigenvalue weighted by atomic mass is 32.1. The van der Waals surface area contributed by atoms with Crippen LogP contribution in [0.2, 0.25) is 0 Å². The maximum absolute atomic E-state index is 12.9. The molecular formula is C21H24N4O4S. The lowest BCUT2D eigenvalue weighted by Crippen LogP contribution is -2.35. The number of fused-ring (bicyclic) bond motifs is 1. The Bertz CT molecular complexity index is 950. The fourth-order valence-corrected chi connectivity index (χ4v) is 5.02. The number of amides is 3. The lowest BCUT2D eigenvalue weighted by Gasteiger charge is -2.26. The monoisotopic (exact) mass is 428 g/mol. The third-order valence-electron chi connectivity index (χ3n) is 5.69. The molecule has 0 atom stereocenters. The van der Waals surface area contributed by atoms with Gasteiger partial charge in [-0.05, 0) is 37.1 Å². The Labute approximate surface area is 178 Å². The number of rotatable bonds is 4. The maximum Gasteiger partial charge on any atom is 0.303 e. The number of hydrogen-bond donors (Lipinski definition) is 3. The maximum atomic E-state index is 12.9. The normalized spacial score (nSPS) is 16.6. The highest BCUT2D eigenvalue weighted by Gasteiger charge is 2.26. The summed E-state index contributed by atoms with van der Waals surface area (Å²) in [6.45, 7) is 0.890. The number of carbonyl (C=O) groups is 3. The highest BCUT2D eigenvalue weighted by molar-refractivity contribution is 7.13. The molecule has 1 fully saturated rings. The molecule has 0 unspecified atom stereocenters. The number of anilines is 1. The first-order valence-electron chi connectivity index (χ1n) is 10.2. The average molecular weight is 429 g/mol. The van der Waals surface area contributed by atoms with Crippen molar-refractivity contribution in [3.8, 4) is 0 Å². The third-order valence-corrected chi connectivity index (χ3v) is 6.77. The van der Waals surface area contributed by atoms with Crippen LogP contribution in [-0.2, 0) is 17.8 Å². The molecule has 1 saturated carbocycles. The highest BCUT2D eigenvalue weighted by Crippen LogP contribution is 2.27. The number of benzene rings is 1. The second-order valence-corrected chi connectivity index (χ2v) is 8.79. The molecule has 0 bridgehead atoms. The third kappa shape index (κ3) is 4.36. The van der Waals surface area contributed by atoms with Gasteiger partial charge in [0.1, 0.15) is 0 Å². The molecule has 1 aliphatic carbocycles. The van der Waals surface area contributed by atoms with Crippen molar-refractivity contribution >= 4 is 34.7 Å². The molecule has 0 saturated heterocycles. The largest absolute Gasteiger partial charge is 0.333 e. The van der Waals surface area contributed by atoms with E-state index in [2.05, 4.69) is 10.3 Å². The Kier molecular flexibility index (Phi) is 6.10. The summed E-state index contributed by atoms with van der Waals surface area (Å²) in [6.07, 6.45) is 5.86. The summed E-state index contributed by atoms with van der Waals surface area (Å²) in [5.41, 5.74) is 3.63. The van der Waals surface area contributed by atoms with Crippen molar-refractivity contribution in [2.75, 3.05) is 11.9 Å². The van der Waals surface area contributed by atoms with E-state index in [1.165, 1.54) is 17.8 Å². The molecule has 2 aromatic rings. The molecule has 1 aromatic heterocycles. The van der Waals surface area contributed by atoms with E-state index in [-0.39, 0.29) is 22.7 Å². The van der Waals surface area contributed by atoms with E-state index in [9.17, 15) is 14.4 Å². The number of aromatic nitrogens is 1. The Balaban J connectivity index is 1.38. The van der Waals surface area contributed by atoms with E-state index in [0.717, 1.165) is 36.3 Å². The van der Waals surface area contributed by atoms with Crippen molar-refractivity contribution in [1.82, 2.24) is 15.4 Å². The number of carbonyl (C=O) groups excluding carboxylic acids is 3. The van der Waals surface area contributed by atoms with Crippen LogP contribution in [0.1, 0.15) is 62.8 Å². The molecule has 8 nitrogen and oxygen atoms in total. The van der Waals surface area contributed by atoms with Crippen LogP contribution in [0, 0.1) is 5.92 Å². The summed E-state index contributed by atoms with van der Waals surface area (Å²) < 4.78 is 0. The first-order valence-corrected chi connectivity index (χ1v) is 11.0. The fraction of sp³-hybridized carbons (Fsp3) is 0.429. The quantitative estimate of drug-likeness (QED) is 0.512. The Morgan fingerprint density at radius 3 is 2.53 bits per heavy atom. The minimum atomic E-state index is -0.641. The summed E-state index contributed by atoms with van der Waals surface area (Å²) >= 11 is 1.18. The van der Waals surface area contributed by atoms with Gasteiger partial charge in [-0.3, -0.25) is 19.6 Å². The summed E-state index contributed by atoms with van der Waals surface area (Å²) in [7, 11) is 0. The summed E-state index contributed by atoms with van der Waals surface area (Å²) in [4.78, 5) is 43.6. The SMILES string of the molecule is O=C(NO)c1nc2c(s1)CN(C(=O)c1ccc(NC(=O)C3CCCCC3)cc1)CC2. The molecule has 2 heterocycles. The van der Waals surface area contributed by atoms with Crippen LogP contribution in [0.3, 0.4) is 0 Å². The molecule has 30 heavy (non-hydrogen) atoms. The average Bonchev–Trinajstić information content (AvgIpc) is 3.22. The van der Waals surface area contributed by atoms with E-state index in [1.54, 1.807) is 34.6 Å². The second kappa shape index (κ2) is 8.93. The van der Waals surface area contributed by atoms with Crippen LogP contribution in [-0.4, -0.2) is 39.4 Å². The van der Waals surface area contributed by atoms with Gasteiger partial charge < -0.3 is 10.2 Å². The van der Waals surface area contributed by atoms with Crippen LogP contribution >= 0.6 is 11.3 Å². The van der Waals surface area contributed by atoms with E-state index >= 15 is 0 Å².